The first kappa shape index (κ1) is 19.1. The number of fused-ring (bicyclic) bond motifs is 1. The number of carbonyl (C=O) groups excluding carboxylic acids is 1. The highest BCUT2D eigenvalue weighted by atomic mass is 16.1. The third-order valence-corrected chi connectivity index (χ3v) is 5.25. The van der Waals surface area contributed by atoms with E-state index in [0.29, 0.717) is 17.3 Å². The van der Waals surface area contributed by atoms with Crippen molar-refractivity contribution in [3.63, 3.8) is 0 Å². The summed E-state index contributed by atoms with van der Waals surface area (Å²) in [7, 11) is 0. The zero-order valence-electron chi connectivity index (χ0n) is 16.9. The Morgan fingerprint density at radius 3 is 2.62 bits per heavy atom. The summed E-state index contributed by atoms with van der Waals surface area (Å²) in [5.41, 5.74) is 4.17. The second kappa shape index (κ2) is 8.05. The van der Waals surface area contributed by atoms with Crippen molar-refractivity contribution in [1.82, 2.24) is 19.9 Å². The van der Waals surface area contributed by atoms with Crippen molar-refractivity contribution in [2.24, 2.45) is 5.92 Å². The van der Waals surface area contributed by atoms with Gasteiger partial charge in [0, 0.05) is 54.8 Å². The van der Waals surface area contributed by atoms with Crippen LogP contribution in [0.3, 0.4) is 0 Å². The quantitative estimate of drug-likeness (QED) is 0.627. The number of nitrogens with zero attached hydrogens (tertiary/aromatic N) is 4. The Labute approximate surface area is 170 Å². The average molecular weight is 390 g/mol. The highest BCUT2D eigenvalue weighted by Crippen LogP contribution is 2.26. The number of hydrogen-bond acceptors (Lipinski definition) is 6. The first-order chi connectivity index (χ1) is 14.1. The Kier molecular flexibility index (Phi) is 5.31. The minimum absolute atomic E-state index is 0.188. The van der Waals surface area contributed by atoms with Crippen LogP contribution in [0.25, 0.3) is 16.7 Å². The summed E-state index contributed by atoms with van der Waals surface area (Å²) in [5, 5.41) is 7.45. The molecule has 1 fully saturated rings. The van der Waals surface area contributed by atoms with Gasteiger partial charge in [-0.15, -0.1) is 0 Å². The molecule has 0 saturated carbocycles. The number of benzene rings is 1. The number of piperazine rings is 1. The molecule has 2 N–H and O–H groups in total. The maximum Gasteiger partial charge on any atom is 0.229 e. The van der Waals surface area contributed by atoms with Gasteiger partial charge >= 0.3 is 0 Å². The van der Waals surface area contributed by atoms with Gasteiger partial charge < -0.3 is 15.5 Å². The van der Waals surface area contributed by atoms with Crippen LogP contribution >= 0.6 is 0 Å². The van der Waals surface area contributed by atoms with Gasteiger partial charge in [-0.2, -0.15) is 4.98 Å². The SMILES string of the molecule is C=C(C(C)C)n1c(C=O)cc2cnc(Nc3ccc(N4CCNCC4)cc3)nc21. The molecule has 150 valence electrons. The summed E-state index contributed by atoms with van der Waals surface area (Å²) in [5.74, 6) is 0.675. The molecule has 0 bridgehead atoms. The molecule has 1 aliphatic rings. The lowest BCUT2D eigenvalue weighted by atomic mass is 10.1. The van der Waals surface area contributed by atoms with Crippen LogP contribution in [0.5, 0.6) is 0 Å². The molecule has 1 saturated heterocycles. The number of hydrogen-bond donors (Lipinski definition) is 2. The van der Waals surface area contributed by atoms with Crippen LogP contribution < -0.4 is 15.5 Å². The van der Waals surface area contributed by atoms with Crippen molar-refractivity contribution in [3.8, 4) is 0 Å². The predicted octanol–water partition coefficient (Wildman–Crippen LogP) is 3.52. The highest BCUT2D eigenvalue weighted by molar-refractivity contribution is 5.90. The average Bonchev–Trinajstić information content (AvgIpc) is 3.12. The van der Waals surface area contributed by atoms with Crippen molar-refractivity contribution < 1.29 is 4.79 Å². The first-order valence-electron chi connectivity index (χ1n) is 9.92. The van der Waals surface area contributed by atoms with E-state index >= 15 is 0 Å². The van der Waals surface area contributed by atoms with Gasteiger partial charge in [-0.25, -0.2) is 4.98 Å². The first-order valence-corrected chi connectivity index (χ1v) is 9.92. The predicted molar refractivity (Wildman–Crippen MR) is 118 cm³/mol. The fraction of sp³-hybridized carbons (Fsp3) is 0.318. The van der Waals surface area contributed by atoms with Crippen molar-refractivity contribution in [1.29, 1.82) is 0 Å². The zero-order valence-corrected chi connectivity index (χ0v) is 16.9. The van der Waals surface area contributed by atoms with Gasteiger partial charge in [-0.05, 0) is 36.2 Å². The third kappa shape index (κ3) is 3.86. The van der Waals surface area contributed by atoms with Crippen LogP contribution in [0, 0.1) is 5.92 Å². The summed E-state index contributed by atoms with van der Waals surface area (Å²) in [6.45, 7) is 12.3. The molecular weight excluding hydrogens is 364 g/mol. The van der Waals surface area contributed by atoms with Crippen LogP contribution in [0.1, 0.15) is 24.3 Å². The summed E-state index contributed by atoms with van der Waals surface area (Å²) in [6.07, 6.45) is 2.56. The molecule has 0 aliphatic carbocycles. The van der Waals surface area contributed by atoms with Crippen LogP contribution in [0.2, 0.25) is 0 Å². The lowest BCUT2D eigenvalue weighted by Crippen LogP contribution is -2.43. The molecule has 1 aromatic carbocycles. The van der Waals surface area contributed by atoms with Gasteiger partial charge in [0.25, 0.3) is 0 Å². The van der Waals surface area contributed by atoms with Crippen LogP contribution in [0.4, 0.5) is 17.3 Å². The van der Waals surface area contributed by atoms with E-state index in [1.54, 1.807) is 12.3 Å². The van der Waals surface area contributed by atoms with E-state index in [-0.39, 0.29) is 5.92 Å². The van der Waals surface area contributed by atoms with Gasteiger partial charge in [-0.3, -0.25) is 9.36 Å². The molecule has 7 nitrogen and oxygen atoms in total. The summed E-state index contributed by atoms with van der Waals surface area (Å²) in [4.78, 5) is 23.0. The van der Waals surface area contributed by atoms with Crippen molar-refractivity contribution in [2.75, 3.05) is 36.4 Å². The van der Waals surface area contributed by atoms with E-state index in [1.807, 2.05) is 30.5 Å². The molecule has 3 aromatic rings. The number of nitrogens with one attached hydrogen (secondary N) is 2. The Morgan fingerprint density at radius 1 is 1.24 bits per heavy atom. The van der Waals surface area contributed by atoms with Gasteiger partial charge in [0.05, 0.1) is 5.69 Å². The van der Waals surface area contributed by atoms with E-state index in [1.165, 1.54) is 5.69 Å². The Morgan fingerprint density at radius 2 is 1.97 bits per heavy atom. The monoisotopic (exact) mass is 390 g/mol. The Balaban J connectivity index is 1.60. The van der Waals surface area contributed by atoms with E-state index in [9.17, 15) is 4.79 Å². The van der Waals surface area contributed by atoms with E-state index in [0.717, 1.165) is 49.2 Å². The van der Waals surface area contributed by atoms with E-state index in [2.05, 4.69) is 44.2 Å². The van der Waals surface area contributed by atoms with Gasteiger partial charge in [-0.1, -0.05) is 20.4 Å². The molecule has 1 aliphatic heterocycles. The molecular formula is C22H26N6O. The van der Waals surface area contributed by atoms with Crippen LogP contribution in [-0.2, 0) is 0 Å². The van der Waals surface area contributed by atoms with E-state index in [4.69, 9.17) is 0 Å². The standard InChI is InChI=1S/C22H26N6O/c1-15(2)16(3)28-20(14-29)12-17-13-24-22(26-21(17)28)25-18-4-6-19(7-5-18)27-10-8-23-9-11-27/h4-7,12-15,23H,3,8-11H2,1-2H3,(H,24,25,26). The molecule has 3 heterocycles. The number of carbonyl (C=O) groups is 1. The maximum absolute atomic E-state index is 11.5. The number of aromatic nitrogens is 3. The largest absolute Gasteiger partial charge is 0.369 e. The lowest BCUT2D eigenvalue weighted by Gasteiger charge is -2.29. The second-order valence-electron chi connectivity index (χ2n) is 7.55. The summed E-state index contributed by atoms with van der Waals surface area (Å²) >= 11 is 0. The minimum atomic E-state index is 0.188. The minimum Gasteiger partial charge on any atom is -0.369 e. The molecule has 0 unspecified atom stereocenters. The normalized spacial score (nSPS) is 14.4. The van der Waals surface area contributed by atoms with Crippen LogP contribution in [0.15, 0.2) is 43.1 Å². The number of aldehydes is 1. The lowest BCUT2D eigenvalue weighted by molar-refractivity contribution is 0.111. The highest BCUT2D eigenvalue weighted by Gasteiger charge is 2.16. The number of allylic oxidation sites excluding steroid dienone is 1. The second-order valence-corrected chi connectivity index (χ2v) is 7.55. The summed E-state index contributed by atoms with van der Waals surface area (Å²) < 4.78 is 1.81. The van der Waals surface area contributed by atoms with E-state index < -0.39 is 0 Å². The van der Waals surface area contributed by atoms with Gasteiger partial charge in [0.2, 0.25) is 5.95 Å². The maximum atomic E-state index is 11.5. The smallest absolute Gasteiger partial charge is 0.229 e. The molecule has 0 atom stereocenters. The number of anilines is 3. The fourth-order valence-electron chi connectivity index (χ4n) is 3.52. The topological polar surface area (TPSA) is 75.1 Å². The fourth-order valence-corrected chi connectivity index (χ4v) is 3.52. The molecule has 0 amide bonds. The molecule has 2 aromatic heterocycles. The van der Waals surface area contributed by atoms with Gasteiger partial charge in [0.1, 0.15) is 5.65 Å². The third-order valence-electron chi connectivity index (χ3n) is 5.25. The van der Waals surface area contributed by atoms with Gasteiger partial charge in [0.15, 0.2) is 6.29 Å². The Bertz CT molecular complexity index is 1030. The molecule has 7 heteroatoms. The summed E-state index contributed by atoms with van der Waals surface area (Å²) in [6, 6.07) is 10.1. The molecule has 29 heavy (non-hydrogen) atoms. The van der Waals surface area contributed by atoms with Crippen LogP contribution in [-0.4, -0.2) is 47.0 Å². The Hall–Kier alpha value is -3.19. The van der Waals surface area contributed by atoms with Crippen molar-refractivity contribution in [3.05, 3.63) is 48.8 Å². The van der Waals surface area contributed by atoms with Crippen molar-refractivity contribution in [2.45, 2.75) is 13.8 Å². The molecule has 0 spiro atoms. The zero-order chi connectivity index (χ0) is 20.4. The number of rotatable bonds is 6. The molecule has 4 rings (SSSR count). The molecule has 0 radical (unpaired) electrons. The van der Waals surface area contributed by atoms with Crippen molar-refractivity contribution >= 4 is 40.3 Å².